The van der Waals surface area contributed by atoms with Crippen LogP contribution in [0.1, 0.15) is 43.6 Å². The van der Waals surface area contributed by atoms with E-state index < -0.39 is 0 Å². The molecule has 1 N–H and O–H groups in total. The van der Waals surface area contributed by atoms with Crippen molar-refractivity contribution in [2.24, 2.45) is 0 Å². The zero-order chi connectivity index (χ0) is 19.7. The van der Waals surface area contributed by atoms with Crippen molar-refractivity contribution in [3.05, 3.63) is 20.8 Å². The average Bonchev–Trinajstić information content (AvgIpc) is 3.09. The summed E-state index contributed by atoms with van der Waals surface area (Å²) in [6.45, 7) is 9.12. The van der Waals surface area contributed by atoms with Crippen molar-refractivity contribution in [1.29, 1.82) is 0 Å². The van der Waals surface area contributed by atoms with Crippen LogP contribution in [0.3, 0.4) is 0 Å². The second-order valence-electron chi connectivity index (χ2n) is 7.57. The largest absolute Gasteiger partial charge is 0.363 e. The third-order valence-electron chi connectivity index (χ3n) is 5.68. The summed E-state index contributed by atoms with van der Waals surface area (Å²) >= 11 is 7.20. The van der Waals surface area contributed by atoms with Crippen LogP contribution in [0.5, 0.6) is 0 Å². The number of nitrogens with one attached hydrogen (secondary N) is 1. The van der Waals surface area contributed by atoms with E-state index in [1.807, 2.05) is 4.57 Å². The van der Waals surface area contributed by atoms with Crippen LogP contribution in [0, 0.1) is 0 Å². The van der Waals surface area contributed by atoms with Gasteiger partial charge in [-0.2, -0.15) is 0 Å². The molecule has 0 unspecified atom stereocenters. The van der Waals surface area contributed by atoms with E-state index in [0.717, 1.165) is 79.8 Å². The molecule has 0 bridgehead atoms. The summed E-state index contributed by atoms with van der Waals surface area (Å²) in [6.07, 6.45) is 5.46. The third-order valence-corrected chi connectivity index (χ3v) is 7.27. The van der Waals surface area contributed by atoms with Crippen LogP contribution < -0.4 is 15.8 Å². The van der Waals surface area contributed by atoms with Crippen molar-refractivity contribution < 1.29 is 0 Å². The number of aryl methyl sites for hydroxylation is 2. The van der Waals surface area contributed by atoms with Crippen molar-refractivity contribution >= 4 is 44.8 Å². The lowest BCUT2D eigenvalue weighted by Crippen LogP contribution is -2.52. The number of hydrogen-bond acceptors (Lipinski definition) is 5. The number of thiophene rings is 1. The van der Waals surface area contributed by atoms with E-state index in [9.17, 15) is 4.79 Å². The molecule has 28 heavy (non-hydrogen) atoms. The molecule has 0 atom stereocenters. The van der Waals surface area contributed by atoms with Crippen LogP contribution >= 0.6 is 23.6 Å². The van der Waals surface area contributed by atoms with Gasteiger partial charge >= 0.3 is 0 Å². The van der Waals surface area contributed by atoms with Crippen LogP contribution in [0.15, 0.2) is 4.79 Å². The monoisotopic (exact) mass is 419 g/mol. The minimum Gasteiger partial charge on any atom is -0.363 e. The van der Waals surface area contributed by atoms with Gasteiger partial charge in [-0.1, -0.05) is 6.92 Å². The molecule has 1 saturated heterocycles. The van der Waals surface area contributed by atoms with Crippen molar-refractivity contribution in [1.82, 2.24) is 19.8 Å². The van der Waals surface area contributed by atoms with Crippen molar-refractivity contribution in [3.8, 4) is 0 Å². The standard InChI is InChI=1S/C20H29N5OS2/c1-3-9-25-18(26)16-14-7-5-6-8-15(14)28-17(16)22-19(25)23-10-12-24(13-11-23)20(27)21-4-2/h3-13H2,1-2H3,(H,21,27). The van der Waals surface area contributed by atoms with Gasteiger partial charge in [0, 0.05) is 44.1 Å². The lowest BCUT2D eigenvalue weighted by atomic mass is 9.97. The van der Waals surface area contributed by atoms with Crippen LogP contribution in [0.2, 0.25) is 0 Å². The van der Waals surface area contributed by atoms with E-state index in [0.29, 0.717) is 0 Å². The highest BCUT2D eigenvalue weighted by molar-refractivity contribution is 7.80. The fourth-order valence-corrected chi connectivity index (χ4v) is 5.84. The summed E-state index contributed by atoms with van der Waals surface area (Å²) in [4.78, 5) is 25.3. The number of fused-ring (bicyclic) bond motifs is 3. The van der Waals surface area contributed by atoms with Crippen molar-refractivity contribution in [3.63, 3.8) is 0 Å². The molecular weight excluding hydrogens is 390 g/mol. The molecule has 3 heterocycles. The molecule has 2 aliphatic rings. The molecule has 2 aromatic heterocycles. The number of anilines is 1. The second kappa shape index (κ2) is 8.37. The lowest BCUT2D eigenvalue weighted by Gasteiger charge is -2.37. The molecule has 0 spiro atoms. The summed E-state index contributed by atoms with van der Waals surface area (Å²) in [5, 5.41) is 4.95. The Morgan fingerprint density at radius 2 is 1.93 bits per heavy atom. The van der Waals surface area contributed by atoms with E-state index in [2.05, 4.69) is 29.0 Å². The van der Waals surface area contributed by atoms with Gasteiger partial charge in [0.2, 0.25) is 5.95 Å². The second-order valence-corrected chi connectivity index (χ2v) is 9.04. The molecular formula is C20H29N5OS2. The first-order chi connectivity index (χ1) is 13.6. The quantitative estimate of drug-likeness (QED) is 0.769. The van der Waals surface area contributed by atoms with Gasteiger partial charge in [0.05, 0.1) is 5.39 Å². The van der Waals surface area contributed by atoms with E-state index in [1.165, 1.54) is 23.3 Å². The van der Waals surface area contributed by atoms with Crippen molar-refractivity contribution in [2.75, 3.05) is 37.6 Å². The number of thiocarbonyl (C=S) groups is 1. The van der Waals surface area contributed by atoms with Gasteiger partial charge in [0.15, 0.2) is 5.11 Å². The Hall–Kier alpha value is -1.67. The highest BCUT2D eigenvalue weighted by atomic mass is 32.1. The topological polar surface area (TPSA) is 53.4 Å². The van der Waals surface area contributed by atoms with Crippen LogP contribution in [0.4, 0.5) is 5.95 Å². The first-order valence-electron chi connectivity index (χ1n) is 10.5. The summed E-state index contributed by atoms with van der Waals surface area (Å²) < 4.78 is 1.92. The molecule has 8 heteroatoms. The zero-order valence-electron chi connectivity index (χ0n) is 16.8. The summed E-state index contributed by atoms with van der Waals surface area (Å²) in [7, 11) is 0. The fraction of sp³-hybridized carbons (Fsp3) is 0.650. The van der Waals surface area contributed by atoms with Crippen LogP contribution in [0.25, 0.3) is 10.2 Å². The Morgan fingerprint density at radius 1 is 1.18 bits per heavy atom. The van der Waals surface area contributed by atoms with Gasteiger partial charge in [0.25, 0.3) is 5.56 Å². The average molecular weight is 420 g/mol. The van der Waals surface area contributed by atoms with Gasteiger partial charge in [-0.15, -0.1) is 11.3 Å². The van der Waals surface area contributed by atoms with Gasteiger partial charge in [-0.3, -0.25) is 9.36 Å². The maximum atomic E-state index is 13.4. The maximum Gasteiger partial charge on any atom is 0.263 e. The normalized spacial score (nSPS) is 17.1. The molecule has 0 amide bonds. The molecule has 152 valence electrons. The number of rotatable bonds is 4. The van der Waals surface area contributed by atoms with Crippen LogP contribution in [-0.4, -0.2) is 52.3 Å². The molecule has 1 aliphatic carbocycles. The van der Waals surface area contributed by atoms with Gasteiger partial charge in [-0.05, 0) is 56.8 Å². The fourth-order valence-electron chi connectivity index (χ4n) is 4.27. The summed E-state index contributed by atoms with van der Waals surface area (Å²) in [5.74, 6) is 0.840. The predicted molar refractivity (Wildman–Crippen MR) is 121 cm³/mol. The minimum atomic E-state index is 0.159. The van der Waals surface area contributed by atoms with E-state index in [-0.39, 0.29) is 5.56 Å². The smallest absolute Gasteiger partial charge is 0.263 e. The minimum absolute atomic E-state index is 0.159. The number of piperazine rings is 1. The first kappa shape index (κ1) is 19.6. The van der Waals surface area contributed by atoms with Crippen molar-refractivity contribution in [2.45, 2.75) is 52.5 Å². The molecule has 0 aromatic carbocycles. The first-order valence-corrected chi connectivity index (χ1v) is 11.7. The molecule has 1 fully saturated rings. The molecule has 2 aromatic rings. The summed E-state index contributed by atoms with van der Waals surface area (Å²) in [6, 6.07) is 0. The maximum absolute atomic E-state index is 13.4. The van der Waals surface area contributed by atoms with Gasteiger partial charge < -0.3 is 15.1 Å². The number of aromatic nitrogens is 2. The Balaban J connectivity index is 1.68. The van der Waals surface area contributed by atoms with E-state index in [1.54, 1.807) is 11.3 Å². The SMILES string of the molecule is CCCn1c(N2CCN(C(=S)NCC)CC2)nc2sc3c(c2c1=O)CCCC3. The Bertz CT molecular complexity index is 927. The Labute approximate surface area is 175 Å². The number of hydrogen-bond donors (Lipinski definition) is 1. The third kappa shape index (κ3) is 3.52. The molecule has 0 radical (unpaired) electrons. The molecule has 1 aliphatic heterocycles. The Kier molecular flexibility index (Phi) is 5.87. The highest BCUT2D eigenvalue weighted by Crippen LogP contribution is 2.34. The highest BCUT2D eigenvalue weighted by Gasteiger charge is 2.26. The lowest BCUT2D eigenvalue weighted by molar-refractivity contribution is 0.375. The Morgan fingerprint density at radius 3 is 2.64 bits per heavy atom. The number of nitrogens with zero attached hydrogens (tertiary/aromatic N) is 4. The molecule has 0 saturated carbocycles. The van der Waals surface area contributed by atoms with Gasteiger partial charge in [-0.25, -0.2) is 4.98 Å². The van der Waals surface area contributed by atoms with E-state index in [4.69, 9.17) is 17.2 Å². The molecule has 6 nitrogen and oxygen atoms in total. The summed E-state index contributed by atoms with van der Waals surface area (Å²) in [5.41, 5.74) is 1.44. The predicted octanol–water partition coefficient (Wildman–Crippen LogP) is 2.76. The zero-order valence-corrected chi connectivity index (χ0v) is 18.4. The van der Waals surface area contributed by atoms with E-state index >= 15 is 0 Å². The molecule has 4 rings (SSSR count). The van der Waals surface area contributed by atoms with Crippen LogP contribution in [-0.2, 0) is 19.4 Å². The van der Waals surface area contributed by atoms with Gasteiger partial charge in [0.1, 0.15) is 4.83 Å².